The van der Waals surface area contributed by atoms with Crippen molar-refractivity contribution in [3.05, 3.63) is 71.8 Å². The molecular weight excluding hydrogens is 372 g/mol. The van der Waals surface area contributed by atoms with E-state index in [0.717, 1.165) is 25.7 Å². The number of methoxy groups -OCH3 is 1. The number of hydrogen-bond donors (Lipinski definition) is 3. The van der Waals surface area contributed by atoms with Crippen molar-refractivity contribution in [3.8, 4) is 0 Å². The first-order valence-electron chi connectivity index (χ1n) is 9.76. The Balaban J connectivity index is 1.65. The van der Waals surface area contributed by atoms with Crippen LogP contribution in [-0.2, 0) is 31.3 Å². The number of ether oxygens (including phenoxy) is 2. The molecular formula is C22H28N2O5. The molecule has 4 N–H and O–H groups in total. The van der Waals surface area contributed by atoms with Crippen molar-refractivity contribution in [3.63, 3.8) is 0 Å². The van der Waals surface area contributed by atoms with Crippen molar-refractivity contribution in [2.45, 2.75) is 43.2 Å². The Morgan fingerprint density at radius 3 is 2.38 bits per heavy atom. The fourth-order valence-electron chi connectivity index (χ4n) is 3.64. The number of rotatable bonds is 10. The molecule has 29 heavy (non-hydrogen) atoms. The molecule has 0 bridgehead atoms. The molecule has 156 valence electrons. The van der Waals surface area contributed by atoms with Crippen LogP contribution in [0.5, 0.6) is 0 Å². The predicted octanol–water partition coefficient (Wildman–Crippen LogP) is 2.56. The summed E-state index contributed by atoms with van der Waals surface area (Å²) in [5.41, 5.74) is 7.33. The van der Waals surface area contributed by atoms with Crippen molar-refractivity contribution in [2.75, 3.05) is 13.7 Å². The lowest BCUT2D eigenvalue weighted by Crippen LogP contribution is -2.61. The maximum atomic E-state index is 11.7. The highest BCUT2D eigenvalue weighted by Gasteiger charge is 2.64. The van der Waals surface area contributed by atoms with E-state index >= 15 is 0 Å². The van der Waals surface area contributed by atoms with Gasteiger partial charge in [0.15, 0.2) is 11.8 Å². The standard InChI is InChI=1S/C22H28N2O5/c1-27-19-21(23,20(25)26)29-24-22(19,18-14-8-3-9-15-18)28-16-10-4-7-13-17-11-5-2-6-12-17/h2-3,5-6,8-9,11-12,14-15,19,24H,4,7,10,13,16,23H2,1H3,(H,25,26). The van der Waals surface area contributed by atoms with Crippen LogP contribution >= 0.6 is 0 Å². The zero-order valence-corrected chi connectivity index (χ0v) is 16.5. The second-order valence-electron chi connectivity index (χ2n) is 7.16. The molecule has 0 aliphatic carbocycles. The Kier molecular flexibility index (Phi) is 7.00. The number of hydrogen-bond acceptors (Lipinski definition) is 6. The molecule has 7 heteroatoms. The lowest BCUT2D eigenvalue weighted by atomic mass is 9.91. The number of nitrogens with two attached hydrogens (primary N) is 1. The predicted molar refractivity (Wildman–Crippen MR) is 108 cm³/mol. The fraction of sp³-hybridized carbons (Fsp3) is 0.409. The van der Waals surface area contributed by atoms with Gasteiger partial charge < -0.3 is 14.6 Å². The number of nitrogens with one attached hydrogen (secondary N) is 1. The molecule has 3 unspecified atom stereocenters. The number of aliphatic carboxylic acids is 1. The van der Waals surface area contributed by atoms with Gasteiger partial charge in [-0.15, -0.1) is 0 Å². The van der Waals surface area contributed by atoms with E-state index in [-0.39, 0.29) is 0 Å². The lowest BCUT2D eigenvalue weighted by Gasteiger charge is -2.35. The van der Waals surface area contributed by atoms with Gasteiger partial charge in [-0.05, 0) is 24.8 Å². The average molecular weight is 400 g/mol. The van der Waals surface area contributed by atoms with E-state index in [1.807, 2.05) is 48.5 Å². The van der Waals surface area contributed by atoms with E-state index in [9.17, 15) is 9.90 Å². The molecule has 1 aliphatic rings. The Bertz CT molecular complexity index is 788. The highest BCUT2D eigenvalue weighted by molar-refractivity contribution is 5.78. The second kappa shape index (κ2) is 9.47. The quantitative estimate of drug-likeness (QED) is 0.527. The Morgan fingerprint density at radius 1 is 1.10 bits per heavy atom. The minimum Gasteiger partial charge on any atom is -0.478 e. The van der Waals surface area contributed by atoms with E-state index in [1.54, 1.807) is 0 Å². The monoisotopic (exact) mass is 400 g/mol. The van der Waals surface area contributed by atoms with E-state index in [1.165, 1.54) is 12.7 Å². The number of carboxylic acids is 1. The van der Waals surface area contributed by atoms with Crippen LogP contribution in [-0.4, -0.2) is 36.6 Å². The number of hydroxylamine groups is 1. The fourth-order valence-corrected chi connectivity index (χ4v) is 3.64. The van der Waals surface area contributed by atoms with Crippen molar-refractivity contribution in [2.24, 2.45) is 5.73 Å². The third-order valence-corrected chi connectivity index (χ3v) is 5.19. The third kappa shape index (κ3) is 4.49. The van der Waals surface area contributed by atoms with E-state index in [4.69, 9.17) is 20.0 Å². The summed E-state index contributed by atoms with van der Waals surface area (Å²) in [4.78, 5) is 17.0. The van der Waals surface area contributed by atoms with Crippen molar-refractivity contribution < 1.29 is 24.2 Å². The average Bonchev–Trinajstić information content (AvgIpc) is 3.06. The molecule has 0 spiro atoms. The zero-order chi connectivity index (χ0) is 20.7. The third-order valence-electron chi connectivity index (χ3n) is 5.19. The normalized spacial score (nSPS) is 26.5. The molecule has 0 aromatic heterocycles. The van der Waals surface area contributed by atoms with E-state index in [0.29, 0.717) is 12.2 Å². The van der Waals surface area contributed by atoms with Gasteiger partial charge in [0.25, 0.3) is 5.72 Å². The van der Waals surface area contributed by atoms with Gasteiger partial charge in [0, 0.05) is 19.3 Å². The van der Waals surface area contributed by atoms with Crippen LogP contribution in [0.4, 0.5) is 0 Å². The van der Waals surface area contributed by atoms with Crippen LogP contribution in [0.2, 0.25) is 0 Å². The first-order chi connectivity index (χ1) is 14.0. The van der Waals surface area contributed by atoms with Gasteiger partial charge in [0.2, 0.25) is 0 Å². The van der Waals surface area contributed by atoms with Gasteiger partial charge in [-0.25, -0.2) is 4.79 Å². The smallest absolute Gasteiger partial charge is 0.356 e. The van der Waals surface area contributed by atoms with E-state index in [2.05, 4.69) is 17.6 Å². The summed E-state index contributed by atoms with van der Waals surface area (Å²) in [7, 11) is 1.40. The van der Waals surface area contributed by atoms with Crippen LogP contribution in [0.1, 0.15) is 30.4 Å². The van der Waals surface area contributed by atoms with Crippen molar-refractivity contribution in [1.29, 1.82) is 0 Å². The molecule has 1 fully saturated rings. The summed E-state index contributed by atoms with van der Waals surface area (Å²) >= 11 is 0. The minimum absolute atomic E-state index is 0.398. The SMILES string of the molecule is COC1C(N)(C(=O)O)ONC1(OCCCCCc1ccccc1)c1ccccc1. The highest BCUT2D eigenvalue weighted by Crippen LogP contribution is 2.39. The Labute approximate surface area is 170 Å². The summed E-state index contributed by atoms with van der Waals surface area (Å²) in [6, 6.07) is 19.5. The van der Waals surface area contributed by atoms with Gasteiger partial charge in [0.05, 0.1) is 0 Å². The van der Waals surface area contributed by atoms with Crippen molar-refractivity contribution >= 4 is 5.97 Å². The molecule has 3 atom stereocenters. The lowest BCUT2D eigenvalue weighted by molar-refractivity contribution is -0.176. The van der Waals surface area contributed by atoms with Crippen LogP contribution in [0, 0.1) is 0 Å². The molecule has 3 rings (SSSR count). The minimum atomic E-state index is -2.07. The maximum absolute atomic E-state index is 11.7. The van der Waals surface area contributed by atoms with Crippen LogP contribution < -0.4 is 11.2 Å². The van der Waals surface area contributed by atoms with Gasteiger partial charge >= 0.3 is 5.97 Å². The number of aryl methyl sites for hydroxylation is 1. The van der Waals surface area contributed by atoms with Gasteiger partial charge in [0.1, 0.15) is 0 Å². The van der Waals surface area contributed by atoms with Gasteiger partial charge in [-0.3, -0.25) is 10.6 Å². The number of benzene rings is 2. The molecule has 0 saturated carbocycles. The Morgan fingerprint density at radius 2 is 1.76 bits per heavy atom. The molecule has 1 aliphatic heterocycles. The molecule has 1 saturated heterocycles. The molecule has 1 heterocycles. The largest absolute Gasteiger partial charge is 0.478 e. The maximum Gasteiger partial charge on any atom is 0.356 e. The second-order valence-corrected chi connectivity index (χ2v) is 7.16. The first-order valence-corrected chi connectivity index (χ1v) is 9.76. The zero-order valence-electron chi connectivity index (χ0n) is 16.5. The van der Waals surface area contributed by atoms with Crippen LogP contribution in [0.15, 0.2) is 60.7 Å². The first kappa shape index (κ1) is 21.4. The molecule has 2 aromatic carbocycles. The summed E-state index contributed by atoms with van der Waals surface area (Å²) in [5.74, 6) is -1.33. The van der Waals surface area contributed by atoms with E-state index < -0.39 is 23.5 Å². The number of unbranched alkanes of at least 4 members (excludes halogenated alkanes) is 2. The van der Waals surface area contributed by atoms with Crippen molar-refractivity contribution in [1.82, 2.24) is 5.48 Å². The molecule has 0 radical (unpaired) electrons. The number of carbonyl (C=O) groups is 1. The van der Waals surface area contributed by atoms with Gasteiger partial charge in [-0.1, -0.05) is 67.1 Å². The number of carboxylic acid groups (broad SMARTS) is 1. The molecule has 2 aromatic rings. The van der Waals surface area contributed by atoms with Crippen LogP contribution in [0.3, 0.4) is 0 Å². The van der Waals surface area contributed by atoms with Crippen LogP contribution in [0.25, 0.3) is 0 Å². The Hall–Kier alpha value is -2.29. The summed E-state index contributed by atoms with van der Waals surface area (Å²) in [6.45, 7) is 0.398. The van der Waals surface area contributed by atoms with Gasteiger partial charge in [-0.2, -0.15) is 5.48 Å². The molecule has 7 nitrogen and oxygen atoms in total. The summed E-state index contributed by atoms with van der Waals surface area (Å²) in [6.07, 6.45) is 2.76. The summed E-state index contributed by atoms with van der Waals surface area (Å²) in [5, 5.41) is 9.58. The molecule has 0 amide bonds. The topological polar surface area (TPSA) is 103 Å². The summed E-state index contributed by atoms with van der Waals surface area (Å²) < 4.78 is 11.6. The highest BCUT2D eigenvalue weighted by atomic mass is 16.8.